The van der Waals surface area contributed by atoms with E-state index in [2.05, 4.69) is 12.7 Å². The predicted octanol–water partition coefficient (Wildman–Crippen LogP) is -0.671. The van der Waals surface area contributed by atoms with Gasteiger partial charge in [0.15, 0.2) is 0 Å². The van der Waals surface area contributed by atoms with E-state index < -0.39 is 0 Å². The monoisotopic (exact) mass is 283 g/mol. The van der Waals surface area contributed by atoms with Gasteiger partial charge in [0.25, 0.3) is 0 Å². The highest BCUT2D eigenvalue weighted by atomic mass is 79.9. The fourth-order valence-corrected chi connectivity index (χ4v) is 1.66. The van der Waals surface area contributed by atoms with E-state index in [4.69, 9.17) is 0 Å². The van der Waals surface area contributed by atoms with Crippen LogP contribution in [0.4, 0.5) is 0 Å². The Kier molecular flexibility index (Phi) is 27.5. The first kappa shape index (κ1) is 20.8. The van der Waals surface area contributed by atoms with Gasteiger partial charge in [-0.05, 0) is 12.8 Å². The van der Waals surface area contributed by atoms with Crippen LogP contribution in [0.2, 0.25) is 0 Å². The summed E-state index contributed by atoms with van der Waals surface area (Å²) in [6, 6.07) is 0. The SMILES string of the molecule is CCCCCCCCCCCC[NH3+].O.[Br-]. The van der Waals surface area contributed by atoms with Crippen LogP contribution in [-0.4, -0.2) is 12.0 Å². The molecule has 2 nitrogen and oxygen atoms in total. The molecule has 0 heterocycles. The molecule has 0 aromatic rings. The molecule has 0 saturated carbocycles. The Bertz CT molecular complexity index is 81.7. The van der Waals surface area contributed by atoms with Gasteiger partial charge in [-0.3, -0.25) is 0 Å². The molecule has 0 fully saturated rings. The number of rotatable bonds is 10. The molecular formula is C12H30BrNO. The molecule has 0 radical (unpaired) electrons. The Morgan fingerprint density at radius 2 is 1.00 bits per heavy atom. The molecular weight excluding hydrogens is 254 g/mol. The quantitative estimate of drug-likeness (QED) is 0.517. The van der Waals surface area contributed by atoms with Gasteiger partial charge >= 0.3 is 0 Å². The summed E-state index contributed by atoms with van der Waals surface area (Å²) in [4.78, 5) is 0. The summed E-state index contributed by atoms with van der Waals surface area (Å²) in [6.07, 6.45) is 14.2. The zero-order valence-corrected chi connectivity index (χ0v) is 11.9. The summed E-state index contributed by atoms with van der Waals surface area (Å²) in [5.41, 5.74) is 3.85. The third-order valence-corrected chi connectivity index (χ3v) is 2.60. The van der Waals surface area contributed by atoms with E-state index in [1.807, 2.05) is 0 Å². The average molecular weight is 284 g/mol. The van der Waals surface area contributed by atoms with Gasteiger partial charge in [0, 0.05) is 0 Å². The van der Waals surface area contributed by atoms with Crippen molar-refractivity contribution in [2.45, 2.75) is 71.1 Å². The van der Waals surface area contributed by atoms with Crippen LogP contribution in [0.25, 0.3) is 0 Å². The summed E-state index contributed by atoms with van der Waals surface area (Å²) in [6.45, 7) is 3.40. The molecule has 0 bridgehead atoms. The third kappa shape index (κ3) is 20.5. The molecule has 0 amide bonds. The minimum atomic E-state index is 0. The highest BCUT2D eigenvalue weighted by molar-refractivity contribution is 4.46. The van der Waals surface area contributed by atoms with Crippen LogP contribution in [0, 0.1) is 0 Å². The fraction of sp³-hybridized carbons (Fsp3) is 1.00. The van der Waals surface area contributed by atoms with Crippen molar-refractivity contribution in [3.05, 3.63) is 0 Å². The zero-order chi connectivity index (χ0) is 9.78. The zero-order valence-electron chi connectivity index (χ0n) is 10.4. The molecule has 0 aromatic heterocycles. The predicted molar refractivity (Wildman–Crippen MR) is 63.2 cm³/mol. The van der Waals surface area contributed by atoms with Crippen LogP contribution in [-0.2, 0) is 0 Å². The summed E-state index contributed by atoms with van der Waals surface area (Å²) >= 11 is 0. The number of halogens is 1. The lowest BCUT2D eigenvalue weighted by molar-refractivity contribution is -0.368. The Labute approximate surface area is 106 Å². The van der Waals surface area contributed by atoms with Gasteiger partial charge in [-0.1, -0.05) is 58.3 Å². The van der Waals surface area contributed by atoms with E-state index in [-0.39, 0.29) is 22.5 Å². The van der Waals surface area contributed by atoms with Crippen molar-refractivity contribution in [1.29, 1.82) is 0 Å². The lowest BCUT2D eigenvalue weighted by Crippen LogP contribution is -3.00. The smallest absolute Gasteiger partial charge is 0.0739 e. The van der Waals surface area contributed by atoms with Gasteiger partial charge in [0.2, 0.25) is 0 Å². The highest BCUT2D eigenvalue weighted by Crippen LogP contribution is 2.09. The number of hydrogen-bond donors (Lipinski definition) is 1. The molecule has 0 aromatic carbocycles. The molecule has 0 aliphatic carbocycles. The van der Waals surface area contributed by atoms with Crippen LogP contribution in [0.1, 0.15) is 71.1 Å². The minimum Gasteiger partial charge on any atom is -1.00 e. The normalized spacial score (nSPS) is 9.20. The van der Waals surface area contributed by atoms with Gasteiger partial charge in [-0.2, -0.15) is 0 Å². The van der Waals surface area contributed by atoms with Crippen LogP contribution in [0.5, 0.6) is 0 Å². The van der Waals surface area contributed by atoms with Crippen molar-refractivity contribution in [3.63, 3.8) is 0 Å². The Morgan fingerprint density at radius 3 is 1.33 bits per heavy atom. The first-order chi connectivity index (χ1) is 6.41. The molecule has 0 unspecified atom stereocenters. The number of hydrogen-bond acceptors (Lipinski definition) is 0. The van der Waals surface area contributed by atoms with Crippen molar-refractivity contribution >= 4 is 0 Å². The summed E-state index contributed by atoms with van der Waals surface area (Å²) in [7, 11) is 0. The average Bonchev–Trinajstić information content (AvgIpc) is 2.16. The molecule has 0 aliphatic heterocycles. The lowest BCUT2D eigenvalue weighted by Gasteiger charge is -2.00. The van der Waals surface area contributed by atoms with E-state index >= 15 is 0 Å². The second kappa shape index (κ2) is 19.9. The standard InChI is InChI=1S/C12H27N.BrH.H2O/c1-2-3-4-5-6-7-8-9-10-11-12-13;;/h2-13H2,1H3;1H;1H2. The van der Waals surface area contributed by atoms with E-state index in [9.17, 15) is 0 Å². The second-order valence-corrected chi connectivity index (χ2v) is 4.04. The summed E-state index contributed by atoms with van der Waals surface area (Å²) in [5, 5.41) is 0. The van der Waals surface area contributed by atoms with Crippen LogP contribution in [0.3, 0.4) is 0 Å². The first-order valence-electron chi connectivity index (χ1n) is 6.21. The molecule has 0 rings (SSSR count). The van der Waals surface area contributed by atoms with Crippen molar-refractivity contribution < 1.29 is 28.2 Å². The topological polar surface area (TPSA) is 59.1 Å². The molecule has 5 N–H and O–H groups in total. The lowest BCUT2D eigenvalue weighted by atomic mass is 10.1. The Balaban J connectivity index is -0.000000720. The Morgan fingerprint density at radius 1 is 0.667 bits per heavy atom. The van der Waals surface area contributed by atoms with E-state index in [1.54, 1.807) is 0 Å². The maximum absolute atomic E-state index is 3.85. The van der Waals surface area contributed by atoms with Crippen LogP contribution < -0.4 is 22.7 Å². The minimum absolute atomic E-state index is 0. The van der Waals surface area contributed by atoms with Gasteiger partial charge in [0.1, 0.15) is 0 Å². The van der Waals surface area contributed by atoms with Gasteiger partial charge in [0.05, 0.1) is 6.54 Å². The van der Waals surface area contributed by atoms with Gasteiger partial charge in [-0.25, -0.2) is 0 Å². The molecule has 15 heavy (non-hydrogen) atoms. The first-order valence-corrected chi connectivity index (χ1v) is 6.21. The van der Waals surface area contributed by atoms with Gasteiger partial charge < -0.3 is 28.2 Å². The van der Waals surface area contributed by atoms with Crippen molar-refractivity contribution in [1.82, 2.24) is 0 Å². The number of unbranched alkanes of at least 4 members (excludes halogenated alkanes) is 9. The molecule has 3 heteroatoms. The number of quaternary nitrogens is 1. The van der Waals surface area contributed by atoms with E-state index in [0.717, 1.165) is 6.54 Å². The Hall–Kier alpha value is 0.400. The summed E-state index contributed by atoms with van der Waals surface area (Å²) < 4.78 is 0. The van der Waals surface area contributed by atoms with Crippen molar-refractivity contribution in [3.8, 4) is 0 Å². The molecule has 0 aliphatic rings. The van der Waals surface area contributed by atoms with Crippen molar-refractivity contribution in [2.24, 2.45) is 0 Å². The maximum atomic E-state index is 3.85. The van der Waals surface area contributed by atoms with Crippen LogP contribution >= 0.6 is 0 Å². The largest absolute Gasteiger partial charge is 1.00 e. The van der Waals surface area contributed by atoms with Crippen LogP contribution in [0.15, 0.2) is 0 Å². The highest BCUT2D eigenvalue weighted by Gasteiger charge is 1.91. The second-order valence-electron chi connectivity index (χ2n) is 4.04. The maximum Gasteiger partial charge on any atom is 0.0739 e. The van der Waals surface area contributed by atoms with Gasteiger partial charge in [-0.15, -0.1) is 0 Å². The molecule has 96 valence electrons. The molecule has 0 saturated heterocycles. The molecule has 0 atom stereocenters. The molecule has 0 spiro atoms. The fourth-order valence-electron chi connectivity index (χ4n) is 1.66. The van der Waals surface area contributed by atoms with E-state index in [1.165, 1.54) is 64.2 Å². The van der Waals surface area contributed by atoms with Crippen molar-refractivity contribution in [2.75, 3.05) is 6.54 Å². The third-order valence-electron chi connectivity index (χ3n) is 2.60. The summed E-state index contributed by atoms with van der Waals surface area (Å²) in [5.74, 6) is 0. The van der Waals surface area contributed by atoms with E-state index in [0.29, 0.717) is 0 Å².